The lowest BCUT2D eigenvalue weighted by atomic mass is 10.1. The van der Waals surface area contributed by atoms with Gasteiger partial charge in [-0.15, -0.1) is 0 Å². The fourth-order valence-corrected chi connectivity index (χ4v) is 3.88. The highest BCUT2D eigenvalue weighted by Gasteiger charge is 2.35. The highest BCUT2D eigenvalue weighted by molar-refractivity contribution is 6.30. The average molecular weight is 468 g/mol. The molecule has 1 saturated heterocycles. The summed E-state index contributed by atoms with van der Waals surface area (Å²) in [6, 6.07) is 13.2. The minimum Gasteiger partial charge on any atom is -0.312 e. The molecule has 1 aliphatic heterocycles. The fourth-order valence-electron chi connectivity index (χ4n) is 3.76. The summed E-state index contributed by atoms with van der Waals surface area (Å²) < 4.78 is 1.23. The summed E-state index contributed by atoms with van der Waals surface area (Å²) in [6.07, 6.45) is 0.0176. The molecule has 0 saturated carbocycles. The molecule has 4 rings (SSSR count). The molecule has 0 spiro atoms. The Morgan fingerprint density at radius 3 is 2.36 bits per heavy atom. The number of nitrogens with one attached hydrogen (secondary N) is 2. The van der Waals surface area contributed by atoms with E-state index in [1.165, 1.54) is 9.58 Å². The minimum absolute atomic E-state index is 0.0176. The van der Waals surface area contributed by atoms with Crippen molar-refractivity contribution in [2.24, 2.45) is 5.92 Å². The quantitative estimate of drug-likeness (QED) is 0.572. The first-order valence-electron chi connectivity index (χ1n) is 10.4. The normalized spacial score (nSPS) is 15.8. The second kappa shape index (κ2) is 9.03. The van der Waals surface area contributed by atoms with Crippen molar-refractivity contribution in [1.29, 1.82) is 0 Å². The summed E-state index contributed by atoms with van der Waals surface area (Å²) in [6.45, 7) is 3.76. The van der Waals surface area contributed by atoms with Crippen LogP contribution in [0.15, 0.2) is 53.3 Å². The van der Waals surface area contributed by atoms with Crippen LogP contribution < -0.4 is 21.3 Å². The molecule has 2 N–H and O–H groups in total. The van der Waals surface area contributed by atoms with Gasteiger partial charge in [-0.1, -0.05) is 29.8 Å². The van der Waals surface area contributed by atoms with E-state index in [4.69, 9.17) is 11.6 Å². The van der Waals surface area contributed by atoms with E-state index in [1.54, 1.807) is 62.4 Å². The van der Waals surface area contributed by atoms with Gasteiger partial charge in [0.25, 0.3) is 11.5 Å². The Hall–Kier alpha value is -3.72. The molecule has 10 heteroatoms. The standard InChI is InChI=1S/C23H22ClN5O4/c1-13(2)29-23(33)18-6-4-3-5-17(18)20(27-29)22(32)26-25-21(31)14-11-19(30)28(12-14)16-9-7-15(24)8-10-16/h3-10,13-14H,11-12H2,1-2H3,(H,25,31)(H,26,32). The fraction of sp³-hybridized carbons (Fsp3) is 0.261. The van der Waals surface area contributed by atoms with Gasteiger partial charge >= 0.3 is 0 Å². The number of carbonyl (C=O) groups is 3. The van der Waals surface area contributed by atoms with Crippen molar-refractivity contribution in [2.75, 3.05) is 11.4 Å². The van der Waals surface area contributed by atoms with Crippen molar-refractivity contribution in [3.8, 4) is 0 Å². The van der Waals surface area contributed by atoms with E-state index in [9.17, 15) is 19.2 Å². The van der Waals surface area contributed by atoms with Crippen LogP contribution in [0.2, 0.25) is 5.02 Å². The monoisotopic (exact) mass is 467 g/mol. The second-order valence-electron chi connectivity index (χ2n) is 8.06. The summed E-state index contributed by atoms with van der Waals surface area (Å²) in [5.41, 5.74) is 5.12. The van der Waals surface area contributed by atoms with Gasteiger partial charge in [-0.25, -0.2) is 4.68 Å². The van der Waals surface area contributed by atoms with E-state index >= 15 is 0 Å². The molecule has 1 aliphatic rings. The number of rotatable bonds is 4. The number of aromatic nitrogens is 2. The van der Waals surface area contributed by atoms with Gasteiger partial charge in [0.15, 0.2) is 5.69 Å². The largest absolute Gasteiger partial charge is 0.312 e. The van der Waals surface area contributed by atoms with Gasteiger partial charge in [-0.2, -0.15) is 5.10 Å². The third-order valence-electron chi connectivity index (χ3n) is 5.47. The number of halogens is 1. The van der Waals surface area contributed by atoms with Crippen molar-refractivity contribution in [2.45, 2.75) is 26.3 Å². The van der Waals surface area contributed by atoms with Gasteiger partial charge < -0.3 is 4.90 Å². The van der Waals surface area contributed by atoms with Gasteiger partial charge in [0.1, 0.15) is 0 Å². The lowest BCUT2D eigenvalue weighted by Gasteiger charge is -2.17. The molecule has 2 aromatic carbocycles. The number of hydrogen-bond acceptors (Lipinski definition) is 5. The summed E-state index contributed by atoms with van der Waals surface area (Å²) in [5, 5.41) is 5.51. The third kappa shape index (κ3) is 4.45. The van der Waals surface area contributed by atoms with Gasteiger partial charge in [0, 0.05) is 29.1 Å². The van der Waals surface area contributed by atoms with E-state index in [2.05, 4.69) is 16.0 Å². The molecule has 1 atom stereocenters. The number of fused-ring (bicyclic) bond motifs is 1. The van der Waals surface area contributed by atoms with Gasteiger partial charge in [-0.3, -0.25) is 30.0 Å². The van der Waals surface area contributed by atoms with Crippen molar-refractivity contribution in [3.05, 3.63) is 69.6 Å². The van der Waals surface area contributed by atoms with Crippen LogP contribution in [0, 0.1) is 5.92 Å². The second-order valence-corrected chi connectivity index (χ2v) is 8.50. The zero-order chi connectivity index (χ0) is 23.7. The number of amides is 3. The first-order valence-corrected chi connectivity index (χ1v) is 10.8. The Morgan fingerprint density at radius 1 is 1.03 bits per heavy atom. The van der Waals surface area contributed by atoms with E-state index in [0.717, 1.165) is 0 Å². The molecule has 2 heterocycles. The first-order chi connectivity index (χ1) is 15.8. The Kier molecular flexibility index (Phi) is 6.15. The molecular formula is C23H22ClN5O4. The highest BCUT2D eigenvalue weighted by Crippen LogP contribution is 2.26. The van der Waals surface area contributed by atoms with Crippen LogP contribution >= 0.6 is 11.6 Å². The maximum absolute atomic E-state index is 12.9. The van der Waals surface area contributed by atoms with E-state index < -0.39 is 17.7 Å². The molecule has 1 unspecified atom stereocenters. The number of carbonyl (C=O) groups excluding carboxylic acids is 3. The summed E-state index contributed by atoms with van der Waals surface area (Å²) in [7, 11) is 0. The molecule has 3 amide bonds. The third-order valence-corrected chi connectivity index (χ3v) is 5.72. The smallest absolute Gasteiger partial charge is 0.290 e. The van der Waals surface area contributed by atoms with Crippen LogP contribution in [-0.2, 0) is 9.59 Å². The van der Waals surface area contributed by atoms with Crippen LogP contribution in [0.4, 0.5) is 5.69 Å². The van der Waals surface area contributed by atoms with Gasteiger partial charge in [-0.05, 0) is 44.2 Å². The number of benzene rings is 2. The number of hydrazine groups is 1. The van der Waals surface area contributed by atoms with E-state index in [1.807, 2.05) is 0 Å². The summed E-state index contributed by atoms with van der Waals surface area (Å²) in [4.78, 5) is 52.0. The summed E-state index contributed by atoms with van der Waals surface area (Å²) >= 11 is 5.90. The predicted molar refractivity (Wildman–Crippen MR) is 124 cm³/mol. The molecule has 0 aliphatic carbocycles. The molecule has 0 bridgehead atoms. The maximum atomic E-state index is 12.9. The van der Waals surface area contributed by atoms with E-state index in [-0.39, 0.29) is 36.2 Å². The Bertz CT molecular complexity index is 1300. The average Bonchev–Trinajstić information content (AvgIpc) is 3.19. The molecule has 9 nitrogen and oxygen atoms in total. The SMILES string of the molecule is CC(C)n1nc(C(=O)NNC(=O)C2CC(=O)N(c3ccc(Cl)cc3)C2)c2ccccc2c1=O. The number of hydrogen-bond donors (Lipinski definition) is 2. The zero-order valence-corrected chi connectivity index (χ0v) is 18.8. The zero-order valence-electron chi connectivity index (χ0n) is 18.0. The maximum Gasteiger partial charge on any atom is 0.290 e. The lowest BCUT2D eigenvalue weighted by molar-refractivity contribution is -0.126. The van der Waals surface area contributed by atoms with Crippen LogP contribution in [0.25, 0.3) is 10.8 Å². The number of anilines is 1. The van der Waals surface area contributed by atoms with Crippen molar-refractivity contribution in [1.82, 2.24) is 20.6 Å². The van der Waals surface area contributed by atoms with E-state index in [0.29, 0.717) is 21.5 Å². The topological polar surface area (TPSA) is 113 Å². The molecule has 1 aromatic heterocycles. The predicted octanol–water partition coefficient (Wildman–Crippen LogP) is 2.44. The van der Waals surface area contributed by atoms with Gasteiger partial charge in [0.05, 0.1) is 17.3 Å². The van der Waals surface area contributed by atoms with Crippen LogP contribution in [-0.4, -0.2) is 34.0 Å². The Balaban J connectivity index is 1.48. The van der Waals surface area contributed by atoms with Crippen LogP contribution in [0.1, 0.15) is 36.8 Å². The summed E-state index contributed by atoms with van der Waals surface area (Å²) in [5.74, 6) is -1.98. The highest BCUT2D eigenvalue weighted by atomic mass is 35.5. The Morgan fingerprint density at radius 2 is 1.70 bits per heavy atom. The molecular weight excluding hydrogens is 446 g/mol. The lowest BCUT2D eigenvalue weighted by Crippen LogP contribution is -2.46. The molecule has 1 fully saturated rings. The van der Waals surface area contributed by atoms with Crippen LogP contribution in [0.3, 0.4) is 0 Å². The molecule has 33 heavy (non-hydrogen) atoms. The van der Waals surface area contributed by atoms with Crippen LogP contribution in [0.5, 0.6) is 0 Å². The van der Waals surface area contributed by atoms with Crippen molar-refractivity contribution < 1.29 is 14.4 Å². The Labute approximate surface area is 194 Å². The van der Waals surface area contributed by atoms with Gasteiger partial charge in [0.2, 0.25) is 11.8 Å². The van der Waals surface area contributed by atoms with Crippen molar-refractivity contribution >= 4 is 45.8 Å². The molecule has 3 aromatic rings. The molecule has 0 radical (unpaired) electrons. The minimum atomic E-state index is -0.659. The number of nitrogens with zero attached hydrogens (tertiary/aromatic N) is 3. The molecule has 170 valence electrons. The first kappa shape index (κ1) is 22.5. The van der Waals surface area contributed by atoms with Crippen molar-refractivity contribution in [3.63, 3.8) is 0 Å².